The van der Waals surface area contributed by atoms with Crippen LogP contribution in [0.5, 0.6) is 0 Å². The SMILES string of the molecule is COC(=O)C(Cc1c[nH]c2ccccc12)NC(c1ccccc1)c1ccccc1. The Labute approximate surface area is 170 Å². The summed E-state index contributed by atoms with van der Waals surface area (Å²) in [4.78, 5) is 16.0. The maximum atomic E-state index is 12.7. The Bertz CT molecular complexity index is 1030. The fourth-order valence-corrected chi connectivity index (χ4v) is 3.75. The summed E-state index contributed by atoms with van der Waals surface area (Å²) >= 11 is 0. The Morgan fingerprint density at radius 1 is 0.897 bits per heavy atom. The van der Waals surface area contributed by atoms with E-state index >= 15 is 0 Å². The number of ether oxygens (including phenoxy) is 1. The Hall–Kier alpha value is -3.37. The molecular formula is C25H24N2O2. The van der Waals surface area contributed by atoms with Gasteiger partial charge in [0.15, 0.2) is 0 Å². The molecule has 1 atom stereocenters. The van der Waals surface area contributed by atoms with Crippen molar-refractivity contribution in [1.82, 2.24) is 10.3 Å². The Morgan fingerprint density at radius 3 is 2.10 bits per heavy atom. The molecular weight excluding hydrogens is 360 g/mol. The number of rotatable bonds is 7. The minimum atomic E-state index is -0.482. The number of hydrogen-bond acceptors (Lipinski definition) is 3. The van der Waals surface area contributed by atoms with E-state index < -0.39 is 6.04 Å². The zero-order chi connectivity index (χ0) is 20.1. The number of hydrogen-bond donors (Lipinski definition) is 2. The van der Waals surface area contributed by atoms with Crippen molar-refractivity contribution < 1.29 is 9.53 Å². The second-order valence-electron chi connectivity index (χ2n) is 7.06. The van der Waals surface area contributed by atoms with Crippen LogP contribution in [0.15, 0.2) is 91.1 Å². The molecule has 0 aliphatic carbocycles. The Morgan fingerprint density at radius 2 is 1.48 bits per heavy atom. The van der Waals surface area contributed by atoms with E-state index in [-0.39, 0.29) is 12.0 Å². The summed E-state index contributed by atoms with van der Waals surface area (Å²) < 4.78 is 5.13. The number of methoxy groups -OCH3 is 1. The number of carbonyl (C=O) groups excluding carboxylic acids is 1. The van der Waals surface area contributed by atoms with E-state index in [0.717, 1.165) is 27.6 Å². The topological polar surface area (TPSA) is 54.1 Å². The molecule has 1 heterocycles. The first-order valence-electron chi connectivity index (χ1n) is 9.75. The third-order valence-corrected chi connectivity index (χ3v) is 5.22. The minimum Gasteiger partial charge on any atom is -0.468 e. The van der Waals surface area contributed by atoms with Crippen LogP contribution in [0.3, 0.4) is 0 Å². The van der Waals surface area contributed by atoms with E-state index in [2.05, 4.69) is 40.6 Å². The van der Waals surface area contributed by atoms with Crippen LogP contribution in [0.1, 0.15) is 22.7 Å². The zero-order valence-corrected chi connectivity index (χ0v) is 16.3. The average Bonchev–Trinajstić information content (AvgIpc) is 3.20. The first kappa shape index (κ1) is 19.0. The largest absolute Gasteiger partial charge is 0.468 e. The first-order chi connectivity index (χ1) is 14.3. The van der Waals surface area contributed by atoms with E-state index in [1.54, 1.807) is 0 Å². The van der Waals surface area contributed by atoms with Crippen molar-refractivity contribution in [3.63, 3.8) is 0 Å². The maximum Gasteiger partial charge on any atom is 0.323 e. The van der Waals surface area contributed by atoms with Crippen molar-refractivity contribution in [2.45, 2.75) is 18.5 Å². The Balaban J connectivity index is 1.67. The summed E-state index contributed by atoms with van der Waals surface area (Å²) in [7, 11) is 1.44. The van der Waals surface area contributed by atoms with E-state index in [0.29, 0.717) is 6.42 Å². The van der Waals surface area contributed by atoms with Crippen molar-refractivity contribution in [2.24, 2.45) is 0 Å². The highest BCUT2D eigenvalue weighted by molar-refractivity contribution is 5.84. The molecule has 4 heteroatoms. The van der Waals surface area contributed by atoms with Crippen LogP contribution in [0, 0.1) is 0 Å². The minimum absolute atomic E-state index is 0.119. The quantitative estimate of drug-likeness (QED) is 0.457. The summed E-state index contributed by atoms with van der Waals surface area (Å²) in [6.07, 6.45) is 2.51. The molecule has 3 aromatic carbocycles. The molecule has 2 N–H and O–H groups in total. The van der Waals surface area contributed by atoms with Gasteiger partial charge >= 0.3 is 5.97 Å². The van der Waals surface area contributed by atoms with Gasteiger partial charge in [-0.1, -0.05) is 78.9 Å². The van der Waals surface area contributed by atoms with Gasteiger partial charge in [0.05, 0.1) is 13.2 Å². The molecule has 4 nitrogen and oxygen atoms in total. The standard InChI is InChI=1S/C25H24N2O2/c1-29-25(28)23(16-20-17-26-22-15-9-8-14-21(20)22)27-24(18-10-4-2-5-11-18)19-12-6-3-7-13-19/h2-15,17,23-24,26-27H,16H2,1H3. The van der Waals surface area contributed by atoms with Gasteiger partial charge in [-0.05, 0) is 22.8 Å². The molecule has 0 spiro atoms. The molecule has 29 heavy (non-hydrogen) atoms. The van der Waals surface area contributed by atoms with Crippen molar-refractivity contribution >= 4 is 16.9 Å². The van der Waals surface area contributed by atoms with Crippen LogP contribution in [0.4, 0.5) is 0 Å². The first-order valence-corrected chi connectivity index (χ1v) is 9.75. The second kappa shape index (κ2) is 8.76. The van der Waals surface area contributed by atoms with Crippen LogP contribution < -0.4 is 5.32 Å². The molecule has 0 aliphatic rings. The van der Waals surface area contributed by atoms with Gasteiger partial charge in [-0.3, -0.25) is 10.1 Å². The zero-order valence-electron chi connectivity index (χ0n) is 16.3. The van der Waals surface area contributed by atoms with Crippen molar-refractivity contribution in [3.05, 3.63) is 108 Å². The van der Waals surface area contributed by atoms with E-state index in [1.165, 1.54) is 7.11 Å². The van der Waals surface area contributed by atoms with Gasteiger partial charge in [-0.25, -0.2) is 0 Å². The van der Waals surface area contributed by atoms with Gasteiger partial charge in [-0.15, -0.1) is 0 Å². The molecule has 0 saturated carbocycles. The van der Waals surface area contributed by atoms with E-state index in [1.807, 2.05) is 60.8 Å². The number of H-pyrrole nitrogens is 1. The lowest BCUT2D eigenvalue weighted by Gasteiger charge is -2.25. The Kier molecular flexibility index (Phi) is 5.73. The third kappa shape index (κ3) is 4.23. The molecule has 0 saturated heterocycles. The van der Waals surface area contributed by atoms with Gasteiger partial charge in [0.25, 0.3) is 0 Å². The number of aromatic nitrogens is 1. The third-order valence-electron chi connectivity index (χ3n) is 5.22. The monoisotopic (exact) mass is 384 g/mol. The van der Waals surface area contributed by atoms with Crippen LogP contribution in [-0.2, 0) is 16.0 Å². The second-order valence-corrected chi connectivity index (χ2v) is 7.06. The van der Waals surface area contributed by atoms with Crippen molar-refractivity contribution in [1.29, 1.82) is 0 Å². The number of fused-ring (bicyclic) bond motifs is 1. The molecule has 4 aromatic rings. The number of benzene rings is 3. The lowest BCUT2D eigenvalue weighted by molar-refractivity contribution is -0.143. The molecule has 4 rings (SSSR count). The van der Waals surface area contributed by atoms with Crippen molar-refractivity contribution in [3.8, 4) is 0 Å². The molecule has 0 bridgehead atoms. The highest BCUT2D eigenvalue weighted by Gasteiger charge is 2.26. The molecule has 0 fully saturated rings. The molecule has 146 valence electrons. The predicted octanol–water partition coefficient (Wildman–Crippen LogP) is 4.63. The number of para-hydroxylation sites is 1. The van der Waals surface area contributed by atoms with Crippen LogP contribution in [-0.4, -0.2) is 24.1 Å². The predicted molar refractivity (Wildman–Crippen MR) is 116 cm³/mol. The van der Waals surface area contributed by atoms with Gasteiger partial charge in [0, 0.05) is 23.5 Å². The smallest absolute Gasteiger partial charge is 0.323 e. The molecule has 0 aliphatic heterocycles. The molecule has 0 radical (unpaired) electrons. The fraction of sp³-hybridized carbons (Fsp3) is 0.160. The number of aromatic amines is 1. The summed E-state index contributed by atoms with van der Waals surface area (Å²) in [6, 6.07) is 27.9. The summed E-state index contributed by atoms with van der Waals surface area (Å²) in [5.41, 5.74) is 4.36. The lowest BCUT2D eigenvalue weighted by atomic mass is 9.96. The van der Waals surface area contributed by atoms with E-state index in [4.69, 9.17) is 4.74 Å². The summed E-state index contributed by atoms with van der Waals surface area (Å²) in [5, 5.41) is 4.68. The van der Waals surface area contributed by atoms with Crippen molar-refractivity contribution in [2.75, 3.05) is 7.11 Å². The fourth-order valence-electron chi connectivity index (χ4n) is 3.75. The highest BCUT2D eigenvalue weighted by Crippen LogP contribution is 2.25. The van der Waals surface area contributed by atoms with Crippen LogP contribution in [0.2, 0.25) is 0 Å². The van der Waals surface area contributed by atoms with Crippen LogP contribution in [0.25, 0.3) is 10.9 Å². The van der Waals surface area contributed by atoms with Gasteiger partial charge in [0.1, 0.15) is 6.04 Å². The summed E-state index contributed by atoms with van der Waals surface area (Å²) in [6.45, 7) is 0. The van der Waals surface area contributed by atoms with Crippen LogP contribution >= 0.6 is 0 Å². The normalized spacial score (nSPS) is 12.2. The number of carbonyl (C=O) groups is 1. The molecule has 1 unspecified atom stereocenters. The van der Waals surface area contributed by atoms with Gasteiger partial charge < -0.3 is 9.72 Å². The molecule has 0 amide bonds. The molecule has 1 aromatic heterocycles. The maximum absolute atomic E-state index is 12.7. The highest BCUT2D eigenvalue weighted by atomic mass is 16.5. The lowest BCUT2D eigenvalue weighted by Crippen LogP contribution is -2.42. The average molecular weight is 384 g/mol. The summed E-state index contributed by atoms with van der Waals surface area (Å²) in [5.74, 6) is -0.271. The van der Waals surface area contributed by atoms with Gasteiger partial charge in [0.2, 0.25) is 0 Å². The number of esters is 1. The van der Waals surface area contributed by atoms with Gasteiger partial charge in [-0.2, -0.15) is 0 Å². The van der Waals surface area contributed by atoms with E-state index in [9.17, 15) is 4.79 Å². The number of nitrogens with one attached hydrogen (secondary N) is 2.